The average Bonchev–Trinajstić information content (AvgIpc) is 3.29. The van der Waals surface area contributed by atoms with E-state index in [9.17, 15) is 9.59 Å². The summed E-state index contributed by atoms with van der Waals surface area (Å²) in [6, 6.07) is 4.53. The molecule has 1 aromatic carbocycles. The fourth-order valence-corrected chi connectivity index (χ4v) is 3.10. The molecule has 0 aromatic heterocycles. The van der Waals surface area contributed by atoms with Crippen LogP contribution in [0.15, 0.2) is 22.7 Å². The van der Waals surface area contributed by atoms with Gasteiger partial charge in [0.05, 0.1) is 11.6 Å². The van der Waals surface area contributed by atoms with Gasteiger partial charge in [0.1, 0.15) is 17.8 Å². The highest BCUT2D eigenvalue weighted by atomic mass is 79.9. The van der Waals surface area contributed by atoms with Crippen LogP contribution in [0.3, 0.4) is 0 Å². The molecule has 2 fully saturated rings. The van der Waals surface area contributed by atoms with Crippen LogP contribution in [0.1, 0.15) is 19.8 Å². The number of piperazine rings is 1. The molecule has 1 aromatic rings. The van der Waals surface area contributed by atoms with Crippen LogP contribution in [0.2, 0.25) is 0 Å². The van der Waals surface area contributed by atoms with Crippen molar-refractivity contribution in [2.24, 2.45) is 5.92 Å². The third kappa shape index (κ3) is 2.52. The molecule has 3 rings (SSSR count). The van der Waals surface area contributed by atoms with Gasteiger partial charge in [0.15, 0.2) is 0 Å². The Labute approximate surface area is 131 Å². The van der Waals surface area contributed by atoms with Crippen molar-refractivity contribution in [3.05, 3.63) is 22.7 Å². The predicted octanol–water partition coefficient (Wildman–Crippen LogP) is 2.09. The lowest BCUT2D eigenvalue weighted by atomic mass is 10.0. The Kier molecular flexibility index (Phi) is 3.65. The Morgan fingerprint density at radius 1 is 1.33 bits per heavy atom. The lowest BCUT2D eigenvalue weighted by molar-refractivity contribution is -0.133. The first kappa shape index (κ1) is 14.4. The van der Waals surface area contributed by atoms with Gasteiger partial charge in [0, 0.05) is 11.8 Å². The maximum atomic E-state index is 12.7. The molecule has 0 bridgehead atoms. The van der Waals surface area contributed by atoms with E-state index in [1.54, 1.807) is 25.0 Å². The number of nitrogens with one attached hydrogen (secondary N) is 1. The number of hydrogen-bond donors (Lipinski definition) is 1. The van der Waals surface area contributed by atoms with Gasteiger partial charge in [-0.25, -0.2) is 0 Å². The van der Waals surface area contributed by atoms with E-state index in [0.717, 1.165) is 17.3 Å². The maximum Gasteiger partial charge on any atom is 0.250 e. The van der Waals surface area contributed by atoms with Crippen LogP contribution < -0.4 is 15.0 Å². The van der Waals surface area contributed by atoms with Crippen molar-refractivity contribution in [1.29, 1.82) is 0 Å². The van der Waals surface area contributed by atoms with Crippen LogP contribution in [0.25, 0.3) is 0 Å². The van der Waals surface area contributed by atoms with Crippen molar-refractivity contribution in [2.45, 2.75) is 31.8 Å². The minimum Gasteiger partial charge on any atom is -0.495 e. The number of carbonyl (C=O) groups is 2. The van der Waals surface area contributed by atoms with Crippen LogP contribution in [-0.4, -0.2) is 31.0 Å². The van der Waals surface area contributed by atoms with Crippen molar-refractivity contribution in [2.75, 3.05) is 12.0 Å². The molecular formula is C15H17BrN2O3. The van der Waals surface area contributed by atoms with Gasteiger partial charge < -0.3 is 10.1 Å². The lowest BCUT2D eigenvalue weighted by Crippen LogP contribution is -2.63. The molecule has 5 nitrogen and oxygen atoms in total. The topological polar surface area (TPSA) is 58.6 Å². The van der Waals surface area contributed by atoms with Gasteiger partial charge in [-0.1, -0.05) is 0 Å². The molecule has 1 aliphatic carbocycles. The van der Waals surface area contributed by atoms with E-state index >= 15 is 0 Å². The van der Waals surface area contributed by atoms with Gasteiger partial charge >= 0.3 is 0 Å². The minimum atomic E-state index is -0.515. The largest absolute Gasteiger partial charge is 0.495 e. The molecule has 0 spiro atoms. The van der Waals surface area contributed by atoms with Gasteiger partial charge in [-0.15, -0.1) is 0 Å². The highest BCUT2D eigenvalue weighted by Crippen LogP contribution is 2.37. The summed E-state index contributed by atoms with van der Waals surface area (Å²) in [6.45, 7) is 1.74. The summed E-state index contributed by atoms with van der Waals surface area (Å²) in [5.74, 6) is 0.789. The molecule has 1 saturated heterocycles. The third-order valence-electron chi connectivity index (χ3n) is 4.07. The van der Waals surface area contributed by atoms with Gasteiger partial charge in [-0.2, -0.15) is 0 Å². The number of methoxy groups -OCH3 is 1. The molecule has 112 valence electrons. The van der Waals surface area contributed by atoms with E-state index in [1.165, 1.54) is 0 Å². The first-order chi connectivity index (χ1) is 10.0. The van der Waals surface area contributed by atoms with E-state index in [4.69, 9.17) is 4.74 Å². The second kappa shape index (κ2) is 5.33. The average molecular weight is 353 g/mol. The monoisotopic (exact) mass is 352 g/mol. The van der Waals surface area contributed by atoms with Crippen LogP contribution >= 0.6 is 15.9 Å². The Morgan fingerprint density at radius 2 is 2.05 bits per heavy atom. The van der Waals surface area contributed by atoms with Gasteiger partial charge in [0.2, 0.25) is 5.91 Å². The van der Waals surface area contributed by atoms with E-state index < -0.39 is 6.04 Å². The molecule has 2 amide bonds. The molecule has 1 aliphatic heterocycles. The molecule has 2 atom stereocenters. The van der Waals surface area contributed by atoms with E-state index in [-0.39, 0.29) is 23.8 Å². The zero-order valence-corrected chi connectivity index (χ0v) is 13.5. The Hall–Kier alpha value is -1.56. The summed E-state index contributed by atoms with van der Waals surface area (Å²) < 4.78 is 6.09. The normalized spacial score (nSPS) is 25.8. The third-order valence-corrected chi connectivity index (χ3v) is 4.73. The molecule has 2 unspecified atom stereocenters. The first-order valence-corrected chi connectivity index (χ1v) is 7.79. The smallest absolute Gasteiger partial charge is 0.250 e. The van der Waals surface area contributed by atoms with Crippen molar-refractivity contribution in [3.8, 4) is 5.75 Å². The number of ether oxygens (including phenoxy) is 1. The van der Waals surface area contributed by atoms with Crippen LogP contribution in [0.4, 0.5) is 5.69 Å². The summed E-state index contributed by atoms with van der Waals surface area (Å²) in [7, 11) is 1.57. The fraction of sp³-hybridized carbons (Fsp3) is 0.467. The number of halogens is 1. The summed E-state index contributed by atoms with van der Waals surface area (Å²) in [5.41, 5.74) is 0.688. The fourth-order valence-electron chi connectivity index (χ4n) is 2.69. The first-order valence-electron chi connectivity index (χ1n) is 7.00. The van der Waals surface area contributed by atoms with Crippen molar-refractivity contribution in [1.82, 2.24) is 5.32 Å². The highest BCUT2D eigenvalue weighted by Gasteiger charge is 2.46. The summed E-state index contributed by atoms with van der Waals surface area (Å²) in [6.07, 6.45) is 2.01. The van der Waals surface area contributed by atoms with Crippen molar-refractivity contribution >= 4 is 33.4 Å². The standard InChI is InChI=1S/C15H17BrN2O3/c1-8-14(19)17-13(9-3-4-9)15(20)18(8)10-5-6-11(16)12(7-10)21-2/h5-9,13H,3-4H2,1-2H3,(H,17,19). The van der Waals surface area contributed by atoms with E-state index in [1.807, 2.05) is 12.1 Å². The molecular weight excluding hydrogens is 336 g/mol. The number of hydrogen-bond acceptors (Lipinski definition) is 3. The number of rotatable bonds is 3. The zero-order valence-electron chi connectivity index (χ0n) is 11.9. The number of anilines is 1. The van der Waals surface area contributed by atoms with Crippen LogP contribution in [-0.2, 0) is 9.59 Å². The predicted molar refractivity (Wildman–Crippen MR) is 82.3 cm³/mol. The van der Waals surface area contributed by atoms with E-state index in [0.29, 0.717) is 11.4 Å². The molecule has 1 saturated carbocycles. The van der Waals surface area contributed by atoms with E-state index in [2.05, 4.69) is 21.2 Å². The SMILES string of the molecule is COc1cc(N2C(=O)C(C3CC3)NC(=O)C2C)ccc1Br. The molecule has 6 heteroatoms. The minimum absolute atomic E-state index is 0.0334. The second-order valence-electron chi connectivity index (χ2n) is 5.53. The number of benzene rings is 1. The number of amides is 2. The van der Waals surface area contributed by atoms with Crippen molar-refractivity contribution in [3.63, 3.8) is 0 Å². The van der Waals surface area contributed by atoms with Gasteiger partial charge in [0.25, 0.3) is 5.91 Å². The van der Waals surface area contributed by atoms with Crippen molar-refractivity contribution < 1.29 is 14.3 Å². The molecule has 0 radical (unpaired) electrons. The summed E-state index contributed by atoms with van der Waals surface area (Å²) >= 11 is 3.39. The highest BCUT2D eigenvalue weighted by molar-refractivity contribution is 9.10. The molecule has 21 heavy (non-hydrogen) atoms. The number of carbonyl (C=O) groups excluding carboxylic acids is 2. The van der Waals surface area contributed by atoms with Gasteiger partial charge in [-0.3, -0.25) is 14.5 Å². The van der Waals surface area contributed by atoms with Crippen LogP contribution in [0.5, 0.6) is 5.75 Å². The molecule has 1 heterocycles. The number of nitrogens with zero attached hydrogens (tertiary/aromatic N) is 1. The molecule has 1 N–H and O–H groups in total. The Morgan fingerprint density at radius 3 is 2.67 bits per heavy atom. The van der Waals surface area contributed by atoms with Gasteiger partial charge in [-0.05, 0) is 53.7 Å². The lowest BCUT2D eigenvalue weighted by Gasteiger charge is -2.37. The summed E-state index contributed by atoms with van der Waals surface area (Å²) in [4.78, 5) is 26.4. The maximum absolute atomic E-state index is 12.7. The quantitative estimate of drug-likeness (QED) is 0.905. The second-order valence-corrected chi connectivity index (χ2v) is 6.38. The Balaban J connectivity index is 1.97. The summed E-state index contributed by atoms with van der Waals surface area (Å²) in [5, 5.41) is 2.85. The zero-order chi connectivity index (χ0) is 15.1. The van der Waals surface area contributed by atoms with Crippen LogP contribution in [0, 0.1) is 5.92 Å². The Bertz CT molecular complexity index is 601. The molecule has 2 aliphatic rings.